The monoisotopic (exact) mass is 269 g/mol. The number of halogens is 2. The van der Waals surface area contributed by atoms with E-state index in [4.69, 9.17) is 0 Å². The fourth-order valence-electron chi connectivity index (χ4n) is 2.38. The second-order valence-electron chi connectivity index (χ2n) is 5.14. The molecule has 1 aromatic rings. The van der Waals surface area contributed by atoms with Gasteiger partial charge in [0.05, 0.1) is 0 Å². The molecule has 0 aromatic heterocycles. The molecule has 1 rings (SSSR count). The third-order valence-corrected chi connectivity index (χ3v) is 3.61. The van der Waals surface area contributed by atoms with Gasteiger partial charge in [-0.2, -0.15) is 0 Å². The third kappa shape index (κ3) is 4.57. The van der Waals surface area contributed by atoms with E-state index in [1.165, 1.54) is 31.4 Å². The van der Waals surface area contributed by atoms with E-state index >= 15 is 0 Å². The maximum atomic E-state index is 14.0. The van der Waals surface area contributed by atoms with Crippen LogP contribution in [0.15, 0.2) is 12.1 Å². The van der Waals surface area contributed by atoms with Crippen molar-refractivity contribution in [3.8, 4) is 0 Å². The predicted octanol–water partition coefficient (Wildman–Crippen LogP) is 4.89. The van der Waals surface area contributed by atoms with Gasteiger partial charge in [-0.1, -0.05) is 45.1 Å². The summed E-state index contributed by atoms with van der Waals surface area (Å²) >= 11 is 0. The average molecular weight is 269 g/mol. The summed E-state index contributed by atoms with van der Waals surface area (Å²) in [4.78, 5) is 0. The number of unbranched alkanes of at least 4 members (excludes halogenated alkanes) is 4. The van der Waals surface area contributed by atoms with Crippen molar-refractivity contribution in [2.75, 3.05) is 7.05 Å². The number of benzene rings is 1. The standard InChI is InChI=1S/C16H25F2N/c1-4-5-6-7-8-9-14(19-3)15-13(17)11-10-12(2)16(15)18/h10-11,14,19H,4-9H2,1-3H3. The molecule has 0 aliphatic heterocycles. The van der Waals surface area contributed by atoms with Crippen molar-refractivity contribution in [3.05, 3.63) is 34.9 Å². The first-order valence-electron chi connectivity index (χ1n) is 7.23. The molecule has 108 valence electrons. The molecule has 0 saturated heterocycles. The number of aryl methyl sites for hydroxylation is 1. The third-order valence-electron chi connectivity index (χ3n) is 3.61. The zero-order valence-corrected chi connectivity index (χ0v) is 12.2. The van der Waals surface area contributed by atoms with Crippen LogP contribution in [0, 0.1) is 18.6 Å². The highest BCUT2D eigenvalue weighted by Crippen LogP contribution is 2.27. The lowest BCUT2D eigenvalue weighted by molar-refractivity contribution is 0.449. The van der Waals surface area contributed by atoms with Gasteiger partial charge in [0, 0.05) is 11.6 Å². The summed E-state index contributed by atoms with van der Waals surface area (Å²) in [5.41, 5.74) is 0.695. The van der Waals surface area contributed by atoms with E-state index in [2.05, 4.69) is 12.2 Å². The van der Waals surface area contributed by atoms with E-state index in [1.54, 1.807) is 14.0 Å². The lowest BCUT2D eigenvalue weighted by Gasteiger charge is -2.19. The second-order valence-corrected chi connectivity index (χ2v) is 5.14. The van der Waals surface area contributed by atoms with Gasteiger partial charge in [-0.25, -0.2) is 8.78 Å². The van der Waals surface area contributed by atoms with E-state index in [1.807, 2.05) is 0 Å². The average Bonchev–Trinajstić information content (AvgIpc) is 2.41. The van der Waals surface area contributed by atoms with Crippen LogP contribution in [0.3, 0.4) is 0 Å². The Morgan fingerprint density at radius 1 is 1.11 bits per heavy atom. The predicted molar refractivity (Wildman–Crippen MR) is 76.3 cm³/mol. The van der Waals surface area contributed by atoms with Crippen LogP contribution in [0.5, 0.6) is 0 Å². The Morgan fingerprint density at radius 3 is 2.42 bits per heavy atom. The van der Waals surface area contributed by atoms with Gasteiger partial charge in [0.2, 0.25) is 0 Å². The van der Waals surface area contributed by atoms with Crippen LogP contribution in [0.4, 0.5) is 8.78 Å². The number of nitrogens with one attached hydrogen (secondary N) is 1. The van der Waals surface area contributed by atoms with Crippen LogP contribution in [0.1, 0.15) is 62.6 Å². The SMILES string of the molecule is CCCCCCCC(NC)c1c(F)ccc(C)c1F. The molecule has 0 bridgehead atoms. The van der Waals surface area contributed by atoms with E-state index in [0.717, 1.165) is 19.3 Å². The Morgan fingerprint density at radius 2 is 1.79 bits per heavy atom. The van der Waals surface area contributed by atoms with Crippen molar-refractivity contribution >= 4 is 0 Å². The van der Waals surface area contributed by atoms with Crippen molar-refractivity contribution < 1.29 is 8.78 Å². The van der Waals surface area contributed by atoms with Crippen molar-refractivity contribution in [1.82, 2.24) is 5.32 Å². The Balaban J connectivity index is 2.67. The van der Waals surface area contributed by atoms with Gasteiger partial charge < -0.3 is 5.32 Å². The quantitative estimate of drug-likeness (QED) is 0.662. The normalized spacial score (nSPS) is 12.7. The van der Waals surface area contributed by atoms with Gasteiger partial charge in [0.15, 0.2) is 0 Å². The molecule has 1 unspecified atom stereocenters. The second kappa shape index (κ2) is 8.26. The molecule has 1 atom stereocenters. The zero-order chi connectivity index (χ0) is 14.3. The molecule has 0 aliphatic carbocycles. The Kier molecular flexibility index (Phi) is 7.00. The molecule has 0 heterocycles. The minimum absolute atomic E-state index is 0.193. The first kappa shape index (κ1) is 16.1. The van der Waals surface area contributed by atoms with Gasteiger partial charge in [-0.15, -0.1) is 0 Å². The van der Waals surface area contributed by atoms with Crippen molar-refractivity contribution in [3.63, 3.8) is 0 Å². The summed E-state index contributed by atoms with van der Waals surface area (Å²) in [5.74, 6) is -0.857. The van der Waals surface area contributed by atoms with Gasteiger partial charge in [-0.3, -0.25) is 0 Å². The summed E-state index contributed by atoms with van der Waals surface area (Å²) in [6, 6.07) is 2.61. The van der Waals surface area contributed by atoms with Gasteiger partial charge in [0.1, 0.15) is 11.6 Å². The minimum Gasteiger partial charge on any atom is -0.313 e. The fourth-order valence-corrected chi connectivity index (χ4v) is 2.38. The molecule has 19 heavy (non-hydrogen) atoms. The molecule has 1 nitrogen and oxygen atoms in total. The lowest BCUT2D eigenvalue weighted by Crippen LogP contribution is -2.19. The minimum atomic E-state index is -0.448. The summed E-state index contributed by atoms with van der Waals surface area (Å²) in [7, 11) is 1.76. The Bertz CT molecular complexity index is 391. The maximum absolute atomic E-state index is 14.0. The van der Waals surface area contributed by atoms with Gasteiger partial charge >= 0.3 is 0 Å². The number of hydrogen-bond acceptors (Lipinski definition) is 1. The highest BCUT2D eigenvalue weighted by atomic mass is 19.1. The molecular weight excluding hydrogens is 244 g/mol. The van der Waals surface area contributed by atoms with Crippen LogP contribution in [0.25, 0.3) is 0 Å². The van der Waals surface area contributed by atoms with Crippen molar-refractivity contribution in [1.29, 1.82) is 0 Å². The molecule has 3 heteroatoms. The van der Waals surface area contributed by atoms with E-state index in [-0.39, 0.29) is 11.6 Å². The molecule has 0 saturated carbocycles. The Hall–Kier alpha value is -0.960. The van der Waals surface area contributed by atoms with Crippen LogP contribution in [-0.2, 0) is 0 Å². The molecule has 1 N–H and O–H groups in total. The Labute approximate surface area is 115 Å². The summed E-state index contributed by atoms with van der Waals surface area (Å²) in [6.45, 7) is 3.85. The van der Waals surface area contributed by atoms with Crippen molar-refractivity contribution in [2.24, 2.45) is 0 Å². The fraction of sp³-hybridized carbons (Fsp3) is 0.625. The largest absolute Gasteiger partial charge is 0.313 e. The van der Waals surface area contributed by atoms with Crippen LogP contribution >= 0.6 is 0 Å². The van der Waals surface area contributed by atoms with Crippen LogP contribution in [0.2, 0.25) is 0 Å². The smallest absolute Gasteiger partial charge is 0.133 e. The topological polar surface area (TPSA) is 12.0 Å². The lowest BCUT2D eigenvalue weighted by atomic mass is 9.97. The highest BCUT2D eigenvalue weighted by Gasteiger charge is 2.19. The molecule has 0 spiro atoms. The first-order chi connectivity index (χ1) is 9.11. The van der Waals surface area contributed by atoms with E-state index in [0.29, 0.717) is 5.56 Å². The molecule has 0 aliphatic rings. The molecule has 1 aromatic carbocycles. The van der Waals surface area contributed by atoms with E-state index < -0.39 is 11.6 Å². The van der Waals surface area contributed by atoms with Gasteiger partial charge in [0.25, 0.3) is 0 Å². The number of hydrogen-bond donors (Lipinski definition) is 1. The van der Waals surface area contributed by atoms with Crippen LogP contribution in [-0.4, -0.2) is 7.05 Å². The molecule has 0 amide bonds. The first-order valence-corrected chi connectivity index (χ1v) is 7.23. The van der Waals surface area contributed by atoms with Gasteiger partial charge in [-0.05, 0) is 32.0 Å². The molecule has 0 fully saturated rings. The summed E-state index contributed by atoms with van der Waals surface area (Å²) in [6.07, 6.45) is 6.54. The van der Waals surface area contributed by atoms with Crippen molar-refractivity contribution in [2.45, 2.75) is 58.4 Å². The zero-order valence-electron chi connectivity index (χ0n) is 12.2. The van der Waals surface area contributed by atoms with E-state index in [9.17, 15) is 8.78 Å². The maximum Gasteiger partial charge on any atom is 0.133 e. The molecular formula is C16H25F2N. The number of rotatable bonds is 8. The highest BCUT2D eigenvalue weighted by molar-refractivity contribution is 5.29. The molecule has 0 radical (unpaired) electrons. The van der Waals surface area contributed by atoms with Crippen LogP contribution < -0.4 is 5.32 Å². The summed E-state index contributed by atoms with van der Waals surface area (Å²) in [5, 5.41) is 3.04. The summed E-state index contributed by atoms with van der Waals surface area (Å²) < 4.78 is 27.9.